The summed E-state index contributed by atoms with van der Waals surface area (Å²) in [4.78, 5) is 22.8. The van der Waals surface area contributed by atoms with Crippen molar-refractivity contribution in [2.24, 2.45) is 0 Å². The van der Waals surface area contributed by atoms with Gasteiger partial charge in [0.2, 0.25) is 0 Å². The van der Waals surface area contributed by atoms with Crippen LogP contribution in [0, 0.1) is 0 Å². The van der Waals surface area contributed by atoms with Crippen LogP contribution in [0.25, 0.3) is 0 Å². The number of ether oxygens (including phenoxy) is 1. The minimum absolute atomic E-state index is 0.0759. The minimum atomic E-state index is -0.993. The number of ketones is 1. The number of carbonyl (C=O) groups is 2. The molecule has 114 valence electrons. The number of carbonyl (C=O) groups excluding carboxylic acids is 1. The molecule has 0 heterocycles. The Morgan fingerprint density at radius 2 is 1.50 bits per heavy atom. The molecule has 0 aliphatic rings. The van der Waals surface area contributed by atoms with Gasteiger partial charge in [-0.05, 0) is 35.7 Å². The monoisotopic (exact) mass is 298 g/mol. The third kappa shape index (κ3) is 3.95. The molecule has 0 aliphatic carbocycles. The fraction of sp³-hybridized carbons (Fsp3) is 0.222. The van der Waals surface area contributed by atoms with Gasteiger partial charge >= 0.3 is 5.97 Å². The van der Waals surface area contributed by atoms with Crippen LogP contribution in [0.15, 0.2) is 48.5 Å². The Bertz CT molecular complexity index is 654. The van der Waals surface area contributed by atoms with Gasteiger partial charge in [0.15, 0.2) is 12.4 Å². The van der Waals surface area contributed by atoms with E-state index >= 15 is 0 Å². The van der Waals surface area contributed by atoms with Crippen LogP contribution in [0.1, 0.15) is 46.0 Å². The summed E-state index contributed by atoms with van der Waals surface area (Å²) in [5.74, 6) is -0.212. The Morgan fingerprint density at radius 1 is 0.955 bits per heavy atom. The lowest BCUT2D eigenvalue weighted by Crippen LogP contribution is -2.11. The van der Waals surface area contributed by atoms with E-state index < -0.39 is 5.97 Å². The Hall–Kier alpha value is -2.62. The average Bonchev–Trinajstić information content (AvgIpc) is 2.53. The second-order valence-electron chi connectivity index (χ2n) is 5.32. The highest BCUT2D eigenvalue weighted by Gasteiger charge is 2.08. The summed E-state index contributed by atoms with van der Waals surface area (Å²) in [5.41, 5.74) is 1.97. The van der Waals surface area contributed by atoms with Gasteiger partial charge in [-0.2, -0.15) is 0 Å². The highest BCUT2D eigenvalue weighted by Crippen LogP contribution is 2.16. The van der Waals surface area contributed by atoms with Crippen molar-refractivity contribution in [3.63, 3.8) is 0 Å². The molecule has 2 aromatic rings. The first kappa shape index (κ1) is 15.8. The van der Waals surface area contributed by atoms with Gasteiger partial charge < -0.3 is 9.84 Å². The number of rotatable bonds is 6. The van der Waals surface area contributed by atoms with E-state index in [1.54, 1.807) is 24.3 Å². The van der Waals surface area contributed by atoms with Crippen LogP contribution >= 0.6 is 0 Å². The van der Waals surface area contributed by atoms with Gasteiger partial charge in [0, 0.05) is 5.56 Å². The first-order valence-corrected chi connectivity index (χ1v) is 7.06. The topological polar surface area (TPSA) is 63.6 Å². The molecule has 2 rings (SSSR count). The largest absolute Gasteiger partial charge is 0.485 e. The molecule has 2 aromatic carbocycles. The number of hydrogen-bond donors (Lipinski definition) is 1. The van der Waals surface area contributed by atoms with Gasteiger partial charge in [0.1, 0.15) is 5.75 Å². The molecule has 0 aliphatic heterocycles. The van der Waals surface area contributed by atoms with Crippen LogP contribution in [0.2, 0.25) is 0 Å². The lowest BCUT2D eigenvalue weighted by molar-refractivity contribution is 0.0696. The summed E-state index contributed by atoms with van der Waals surface area (Å²) in [6, 6.07) is 13.5. The standard InChI is InChI=1S/C18H18O4/c1-12(2)13-3-5-14(6-4-13)17(19)11-22-16-9-7-15(8-10-16)18(20)21/h3-10,12H,11H2,1-2H3,(H,20,21). The zero-order valence-electron chi connectivity index (χ0n) is 12.6. The van der Waals surface area contributed by atoms with Crippen LogP contribution in [-0.2, 0) is 0 Å². The van der Waals surface area contributed by atoms with Crippen molar-refractivity contribution in [1.29, 1.82) is 0 Å². The number of carboxylic acids is 1. The second-order valence-corrected chi connectivity index (χ2v) is 5.32. The molecule has 0 bridgehead atoms. The molecule has 0 amide bonds. The van der Waals surface area contributed by atoms with E-state index in [1.807, 2.05) is 12.1 Å². The summed E-state index contributed by atoms with van der Waals surface area (Å²) < 4.78 is 5.39. The lowest BCUT2D eigenvalue weighted by Gasteiger charge is -2.08. The zero-order valence-corrected chi connectivity index (χ0v) is 12.6. The third-order valence-corrected chi connectivity index (χ3v) is 3.37. The van der Waals surface area contributed by atoms with Crippen LogP contribution in [0.3, 0.4) is 0 Å². The van der Waals surface area contributed by atoms with Crippen molar-refractivity contribution in [3.8, 4) is 5.75 Å². The average molecular weight is 298 g/mol. The van der Waals surface area contributed by atoms with Crippen molar-refractivity contribution >= 4 is 11.8 Å². The fourth-order valence-corrected chi connectivity index (χ4v) is 1.98. The smallest absolute Gasteiger partial charge is 0.335 e. The van der Waals surface area contributed by atoms with Gasteiger partial charge in [-0.25, -0.2) is 4.79 Å². The molecule has 22 heavy (non-hydrogen) atoms. The van der Waals surface area contributed by atoms with E-state index in [4.69, 9.17) is 9.84 Å². The van der Waals surface area contributed by atoms with Crippen molar-refractivity contribution < 1.29 is 19.4 Å². The summed E-state index contributed by atoms with van der Waals surface area (Å²) in [6.07, 6.45) is 0. The molecular formula is C18H18O4. The molecule has 0 radical (unpaired) electrons. The van der Waals surface area contributed by atoms with Crippen LogP contribution in [-0.4, -0.2) is 23.5 Å². The molecule has 0 fully saturated rings. The van der Waals surface area contributed by atoms with E-state index in [0.717, 1.165) is 0 Å². The SMILES string of the molecule is CC(C)c1ccc(C(=O)COc2ccc(C(=O)O)cc2)cc1. The first-order chi connectivity index (χ1) is 10.5. The number of aromatic carboxylic acids is 1. The van der Waals surface area contributed by atoms with E-state index in [0.29, 0.717) is 17.2 Å². The van der Waals surface area contributed by atoms with Gasteiger partial charge in [0.25, 0.3) is 0 Å². The van der Waals surface area contributed by atoms with Crippen molar-refractivity contribution in [2.75, 3.05) is 6.61 Å². The molecule has 0 saturated carbocycles. The molecule has 0 unspecified atom stereocenters. The van der Waals surface area contributed by atoms with Crippen molar-refractivity contribution in [2.45, 2.75) is 19.8 Å². The number of Topliss-reactive ketones (excluding diaryl/α,β-unsaturated/α-hetero) is 1. The van der Waals surface area contributed by atoms with Gasteiger partial charge in [-0.3, -0.25) is 4.79 Å². The third-order valence-electron chi connectivity index (χ3n) is 3.37. The molecular weight excluding hydrogens is 280 g/mol. The quantitative estimate of drug-likeness (QED) is 0.824. The molecule has 4 heteroatoms. The molecule has 1 N–H and O–H groups in total. The van der Waals surface area contributed by atoms with Crippen LogP contribution in [0.5, 0.6) is 5.75 Å². The molecule has 0 atom stereocenters. The molecule has 0 saturated heterocycles. The minimum Gasteiger partial charge on any atom is -0.485 e. The summed E-state index contributed by atoms with van der Waals surface area (Å²) in [6.45, 7) is 4.12. The van der Waals surface area contributed by atoms with E-state index in [9.17, 15) is 9.59 Å². The van der Waals surface area contributed by atoms with Gasteiger partial charge in [0.05, 0.1) is 5.56 Å². The van der Waals surface area contributed by atoms with Crippen molar-refractivity contribution in [3.05, 3.63) is 65.2 Å². The number of carboxylic acid groups (broad SMARTS) is 1. The normalized spacial score (nSPS) is 10.5. The van der Waals surface area contributed by atoms with Crippen LogP contribution in [0.4, 0.5) is 0 Å². The predicted molar refractivity (Wildman–Crippen MR) is 83.8 cm³/mol. The predicted octanol–water partition coefficient (Wildman–Crippen LogP) is 3.77. The lowest BCUT2D eigenvalue weighted by atomic mass is 10.0. The Labute approximate surface area is 129 Å². The Kier molecular flexibility index (Phi) is 4.94. The highest BCUT2D eigenvalue weighted by molar-refractivity contribution is 5.97. The summed E-state index contributed by atoms with van der Waals surface area (Å²) >= 11 is 0. The van der Waals surface area contributed by atoms with Crippen molar-refractivity contribution in [1.82, 2.24) is 0 Å². The maximum atomic E-state index is 12.1. The van der Waals surface area contributed by atoms with E-state index in [-0.39, 0.29) is 18.0 Å². The molecule has 4 nitrogen and oxygen atoms in total. The maximum Gasteiger partial charge on any atom is 0.335 e. The highest BCUT2D eigenvalue weighted by atomic mass is 16.5. The number of benzene rings is 2. The van der Waals surface area contributed by atoms with Crippen LogP contribution < -0.4 is 4.74 Å². The zero-order chi connectivity index (χ0) is 16.1. The van der Waals surface area contributed by atoms with Gasteiger partial charge in [-0.1, -0.05) is 38.1 Å². The number of hydrogen-bond acceptors (Lipinski definition) is 3. The fourth-order valence-electron chi connectivity index (χ4n) is 1.98. The van der Waals surface area contributed by atoms with E-state index in [2.05, 4.69) is 13.8 Å². The Balaban J connectivity index is 1.96. The molecule has 0 spiro atoms. The van der Waals surface area contributed by atoms with Gasteiger partial charge in [-0.15, -0.1) is 0 Å². The Morgan fingerprint density at radius 3 is 2.00 bits per heavy atom. The second kappa shape index (κ2) is 6.89. The summed E-state index contributed by atoms with van der Waals surface area (Å²) in [7, 11) is 0. The summed E-state index contributed by atoms with van der Waals surface area (Å²) in [5, 5.41) is 8.81. The molecule has 0 aromatic heterocycles. The first-order valence-electron chi connectivity index (χ1n) is 7.06. The maximum absolute atomic E-state index is 12.1. The van der Waals surface area contributed by atoms with E-state index in [1.165, 1.54) is 17.7 Å².